The predicted octanol–water partition coefficient (Wildman–Crippen LogP) is 1.97. The topological polar surface area (TPSA) is 39.6 Å². The van der Waals surface area contributed by atoms with E-state index in [-0.39, 0.29) is 0 Å². The minimum atomic E-state index is -0.418. The van der Waals surface area contributed by atoms with Crippen molar-refractivity contribution in [1.29, 1.82) is 0 Å². The number of hydrogen-bond acceptors (Lipinski definition) is 5. The molecule has 0 amide bonds. The molecule has 0 fully saturated rings. The number of thiazole rings is 1. The van der Waals surface area contributed by atoms with Gasteiger partial charge in [-0.2, -0.15) is 0 Å². The molecule has 1 unspecified atom stereocenters. The maximum Gasteiger partial charge on any atom is 0.185 e. The summed E-state index contributed by atoms with van der Waals surface area (Å²) >= 11 is 1.59. The minimum absolute atomic E-state index is 0.418. The Labute approximate surface area is 108 Å². The highest BCUT2D eigenvalue weighted by Gasteiger charge is 2.12. The first-order valence-electron chi connectivity index (χ1n) is 6.08. The van der Waals surface area contributed by atoms with Crippen molar-refractivity contribution in [3.8, 4) is 0 Å². The lowest BCUT2D eigenvalue weighted by Gasteiger charge is -2.23. The standard InChI is InChI=1S/C12H23N3OS/c1-5-6-15(8-7-14(3)4)12-13-9-11(17-12)10(2)16/h9-10,16H,5-8H2,1-4H3. The van der Waals surface area contributed by atoms with Crippen LogP contribution in [0.15, 0.2) is 6.20 Å². The lowest BCUT2D eigenvalue weighted by Crippen LogP contribution is -2.32. The summed E-state index contributed by atoms with van der Waals surface area (Å²) in [6.45, 7) is 6.96. The van der Waals surface area contributed by atoms with Gasteiger partial charge >= 0.3 is 0 Å². The maximum atomic E-state index is 9.51. The van der Waals surface area contributed by atoms with Crippen LogP contribution in [0.25, 0.3) is 0 Å². The molecule has 0 saturated heterocycles. The smallest absolute Gasteiger partial charge is 0.185 e. The monoisotopic (exact) mass is 257 g/mol. The zero-order chi connectivity index (χ0) is 12.8. The molecular formula is C12H23N3OS. The molecule has 0 saturated carbocycles. The Hall–Kier alpha value is -0.650. The van der Waals surface area contributed by atoms with Gasteiger partial charge in [0.1, 0.15) is 0 Å². The molecule has 4 nitrogen and oxygen atoms in total. The Morgan fingerprint density at radius 1 is 1.35 bits per heavy atom. The predicted molar refractivity (Wildman–Crippen MR) is 73.8 cm³/mol. The van der Waals surface area contributed by atoms with Gasteiger partial charge in [-0.3, -0.25) is 0 Å². The van der Waals surface area contributed by atoms with Crippen LogP contribution in [0.5, 0.6) is 0 Å². The second-order valence-corrected chi connectivity index (χ2v) is 5.55. The van der Waals surface area contributed by atoms with E-state index in [4.69, 9.17) is 0 Å². The van der Waals surface area contributed by atoms with Crippen molar-refractivity contribution >= 4 is 16.5 Å². The van der Waals surface area contributed by atoms with Crippen molar-refractivity contribution in [3.05, 3.63) is 11.1 Å². The molecule has 0 spiro atoms. The van der Waals surface area contributed by atoms with Crippen molar-refractivity contribution in [2.45, 2.75) is 26.4 Å². The normalized spacial score (nSPS) is 13.1. The summed E-state index contributed by atoms with van der Waals surface area (Å²) in [5.41, 5.74) is 0. The fourth-order valence-corrected chi connectivity index (χ4v) is 2.41. The van der Waals surface area contributed by atoms with Crippen molar-refractivity contribution in [2.75, 3.05) is 38.6 Å². The van der Waals surface area contributed by atoms with Gasteiger partial charge in [0.25, 0.3) is 0 Å². The zero-order valence-electron chi connectivity index (χ0n) is 11.2. The number of aliphatic hydroxyl groups is 1. The fourth-order valence-electron chi connectivity index (χ4n) is 1.51. The van der Waals surface area contributed by atoms with Crippen LogP contribution in [0.4, 0.5) is 5.13 Å². The Morgan fingerprint density at radius 2 is 2.06 bits per heavy atom. The molecule has 0 aliphatic heterocycles. The second-order valence-electron chi connectivity index (χ2n) is 4.51. The average Bonchev–Trinajstić information content (AvgIpc) is 2.73. The third-order valence-corrected chi connectivity index (χ3v) is 3.73. The third kappa shape index (κ3) is 4.61. The van der Waals surface area contributed by atoms with Gasteiger partial charge in [0.15, 0.2) is 5.13 Å². The number of aromatic nitrogens is 1. The van der Waals surface area contributed by atoms with Crippen molar-refractivity contribution < 1.29 is 5.11 Å². The average molecular weight is 257 g/mol. The highest BCUT2D eigenvalue weighted by Crippen LogP contribution is 2.26. The van der Waals surface area contributed by atoms with Gasteiger partial charge in [0.05, 0.1) is 11.0 Å². The summed E-state index contributed by atoms with van der Waals surface area (Å²) in [6, 6.07) is 0. The van der Waals surface area contributed by atoms with Crippen LogP contribution in [0.2, 0.25) is 0 Å². The van der Waals surface area contributed by atoms with Crippen LogP contribution in [0, 0.1) is 0 Å². The lowest BCUT2D eigenvalue weighted by atomic mass is 10.4. The molecule has 17 heavy (non-hydrogen) atoms. The van der Waals surface area contributed by atoms with Gasteiger partial charge in [-0.1, -0.05) is 18.3 Å². The lowest BCUT2D eigenvalue weighted by molar-refractivity contribution is 0.203. The van der Waals surface area contributed by atoms with Gasteiger partial charge in [0.2, 0.25) is 0 Å². The Bertz CT molecular complexity index is 325. The van der Waals surface area contributed by atoms with E-state index in [9.17, 15) is 5.11 Å². The molecule has 0 aliphatic rings. The molecule has 0 aliphatic carbocycles. The second kappa shape index (κ2) is 6.93. The number of rotatable bonds is 7. The molecule has 5 heteroatoms. The summed E-state index contributed by atoms with van der Waals surface area (Å²) < 4.78 is 0. The van der Waals surface area contributed by atoms with Gasteiger partial charge in [-0.15, -0.1) is 0 Å². The largest absolute Gasteiger partial charge is 0.388 e. The summed E-state index contributed by atoms with van der Waals surface area (Å²) in [6.07, 6.45) is 2.47. The fraction of sp³-hybridized carbons (Fsp3) is 0.750. The number of nitrogens with zero attached hydrogens (tertiary/aromatic N) is 3. The van der Waals surface area contributed by atoms with Crippen LogP contribution in [-0.2, 0) is 0 Å². The molecule has 0 radical (unpaired) electrons. The van der Waals surface area contributed by atoms with Crippen LogP contribution in [-0.4, -0.2) is 48.7 Å². The Kier molecular flexibility index (Phi) is 5.88. The van der Waals surface area contributed by atoms with Crippen molar-refractivity contribution in [2.24, 2.45) is 0 Å². The van der Waals surface area contributed by atoms with Crippen LogP contribution < -0.4 is 4.90 Å². The molecule has 1 rings (SSSR count). The minimum Gasteiger partial charge on any atom is -0.388 e. The van der Waals surface area contributed by atoms with Crippen LogP contribution in [0.3, 0.4) is 0 Å². The van der Waals surface area contributed by atoms with Gasteiger partial charge in [-0.25, -0.2) is 4.98 Å². The third-order valence-electron chi connectivity index (χ3n) is 2.50. The van der Waals surface area contributed by atoms with E-state index < -0.39 is 6.10 Å². The zero-order valence-corrected chi connectivity index (χ0v) is 12.0. The van der Waals surface area contributed by atoms with E-state index in [0.29, 0.717) is 0 Å². The number of anilines is 1. The van der Waals surface area contributed by atoms with Crippen LogP contribution >= 0.6 is 11.3 Å². The van der Waals surface area contributed by atoms with E-state index in [0.717, 1.165) is 36.1 Å². The summed E-state index contributed by atoms with van der Waals surface area (Å²) in [5.74, 6) is 0. The van der Waals surface area contributed by atoms with Gasteiger partial charge < -0.3 is 14.9 Å². The van der Waals surface area contributed by atoms with Gasteiger partial charge in [0, 0.05) is 25.8 Å². The van der Waals surface area contributed by atoms with Gasteiger partial charge in [-0.05, 0) is 27.4 Å². The van der Waals surface area contributed by atoms with E-state index in [1.807, 2.05) is 0 Å². The van der Waals surface area contributed by atoms with Crippen molar-refractivity contribution in [1.82, 2.24) is 9.88 Å². The number of aliphatic hydroxyl groups excluding tert-OH is 1. The quantitative estimate of drug-likeness (QED) is 0.811. The molecule has 1 aromatic rings. The Balaban J connectivity index is 2.67. The summed E-state index contributed by atoms with van der Waals surface area (Å²) in [7, 11) is 4.15. The van der Waals surface area contributed by atoms with E-state index in [1.54, 1.807) is 24.5 Å². The first kappa shape index (κ1) is 14.4. The molecule has 0 bridgehead atoms. The molecule has 1 N–H and O–H groups in total. The number of hydrogen-bond donors (Lipinski definition) is 1. The molecule has 0 aromatic carbocycles. The SMILES string of the molecule is CCCN(CCN(C)C)c1ncc(C(C)O)s1. The molecule has 1 aromatic heterocycles. The van der Waals surface area contributed by atoms with Crippen LogP contribution in [0.1, 0.15) is 31.2 Å². The van der Waals surface area contributed by atoms with E-state index >= 15 is 0 Å². The molecular weight excluding hydrogens is 234 g/mol. The van der Waals surface area contributed by atoms with E-state index in [1.165, 1.54) is 0 Å². The molecule has 1 atom stereocenters. The molecule has 1 heterocycles. The maximum absolute atomic E-state index is 9.51. The highest BCUT2D eigenvalue weighted by molar-refractivity contribution is 7.15. The Morgan fingerprint density at radius 3 is 2.53 bits per heavy atom. The summed E-state index contributed by atoms with van der Waals surface area (Å²) in [5, 5.41) is 10.5. The summed E-state index contributed by atoms with van der Waals surface area (Å²) in [4.78, 5) is 9.80. The number of likely N-dealkylation sites (N-methyl/N-ethyl adjacent to an activating group) is 1. The van der Waals surface area contributed by atoms with Crippen molar-refractivity contribution in [3.63, 3.8) is 0 Å². The first-order chi connectivity index (χ1) is 8.04. The highest BCUT2D eigenvalue weighted by atomic mass is 32.1. The first-order valence-corrected chi connectivity index (χ1v) is 6.89. The molecule has 98 valence electrons. The van der Waals surface area contributed by atoms with E-state index in [2.05, 4.69) is 35.8 Å².